The Morgan fingerprint density at radius 2 is 1.87 bits per heavy atom. The molecule has 0 bridgehead atoms. The van der Waals surface area contributed by atoms with Crippen LogP contribution in [0.15, 0.2) is 48.8 Å². The summed E-state index contributed by atoms with van der Waals surface area (Å²) in [6, 6.07) is 7.73. The van der Waals surface area contributed by atoms with Crippen molar-refractivity contribution in [3.8, 4) is 0 Å². The number of rotatable bonds is 7. The first-order chi connectivity index (χ1) is 18.3. The molecule has 6 rings (SSSR count). The molecule has 38 heavy (non-hydrogen) atoms. The molecule has 2 aliphatic carbocycles. The van der Waals surface area contributed by atoms with Gasteiger partial charge in [-0.05, 0) is 71.9 Å². The third-order valence-electron chi connectivity index (χ3n) is 7.44. The third kappa shape index (κ3) is 4.54. The lowest BCUT2D eigenvalue weighted by Gasteiger charge is -2.38. The highest BCUT2D eigenvalue weighted by molar-refractivity contribution is 5.85. The third-order valence-corrected chi connectivity index (χ3v) is 7.44. The van der Waals surface area contributed by atoms with Crippen LogP contribution in [0.3, 0.4) is 0 Å². The molecule has 0 saturated heterocycles. The molecule has 12 heteroatoms. The molecule has 3 aromatic heterocycles. The Bertz CT molecular complexity index is 1450. The summed E-state index contributed by atoms with van der Waals surface area (Å²) < 4.78 is 42.6. The number of halogens is 3. The number of pyridine rings is 2. The summed E-state index contributed by atoms with van der Waals surface area (Å²) in [7, 11) is 1.21. The fraction of sp³-hybridized carbons (Fsp3) is 0.385. The van der Waals surface area contributed by atoms with Crippen LogP contribution in [-0.4, -0.2) is 54.6 Å². The molecule has 1 atom stereocenters. The number of carbonyl (C=O) groups excluding carboxylic acids is 1. The van der Waals surface area contributed by atoms with E-state index in [4.69, 9.17) is 0 Å². The highest BCUT2D eigenvalue weighted by atomic mass is 19.4. The number of anilines is 2. The highest BCUT2D eigenvalue weighted by Crippen LogP contribution is 2.47. The molecule has 1 amide bonds. The molecule has 2 fully saturated rings. The van der Waals surface area contributed by atoms with Crippen LogP contribution in [0.5, 0.6) is 0 Å². The van der Waals surface area contributed by atoms with Gasteiger partial charge in [-0.3, -0.25) is 14.8 Å². The molecule has 196 valence electrons. The number of fused-ring (bicyclic) bond motifs is 1. The van der Waals surface area contributed by atoms with E-state index in [2.05, 4.69) is 35.9 Å². The number of amides is 1. The van der Waals surface area contributed by atoms with E-state index in [0.29, 0.717) is 30.3 Å². The van der Waals surface area contributed by atoms with Crippen LogP contribution in [0.25, 0.3) is 11.0 Å². The van der Waals surface area contributed by atoms with E-state index in [1.54, 1.807) is 24.5 Å². The predicted octanol–water partition coefficient (Wildman–Crippen LogP) is 5.02. The van der Waals surface area contributed by atoms with Gasteiger partial charge in [0, 0.05) is 36.3 Å². The van der Waals surface area contributed by atoms with E-state index < -0.39 is 24.0 Å². The van der Waals surface area contributed by atoms with Gasteiger partial charge in [0.2, 0.25) is 5.91 Å². The molecule has 3 heterocycles. The zero-order valence-electron chi connectivity index (χ0n) is 20.5. The Kier molecular flexibility index (Phi) is 5.96. The number of aromatic amines is 1. The second-order valence-electron chi connectivity index (χ2n) is 10.0. The Hall–Kier alpha value is -4.09. The molecular formula is C26H25F3N8O. The molecule has 1 aromatic carbocycles. The average Bonchev–Trinajstić information content (AvgIpc) is 3.56. The predicted molar refractivity (Wildman–Crippen MR) is 132 cm³/mol. The van der Waals surface area contributed by atoms with Gasteiger partial charge in [-0.15, -0.1) is 5.10 Å². The quantitative estimate of drug-likeness (QED) is 0.350. The number of benzene rings is 1. The molecule has 0 spiro atoms. The number of hydrogen-bond acceptors (Lipinski definition) is 7. The molecule has 2 aliphatic rings. The number of nitrogens with zero attached hydrogens (tertiary/aromatic N) is 6. The monoisotopic (exact) mass is 522 g/mol. The summed E-state index contributed by atoms with van der Waals surface area (Å²) in [4.78, 5) is 22.8. The van der Waals surface area contributed by atoms with Crippen molar-refractivity contribution in [1.29, 1.82) is 0 Å². The van der Waals surface area contributed by atoms with Crippen molar-refractivity contribution in [2.75, 3.05) is 12.4 Å². The smallest absolute Gasteiger partial charge is 0.354 e. The number of carbonyl (C=O) groups is 1. The van der Waals surface area contributed by atoms with E-state index in [0.717, 1.165) is 40.0 Å². The lowest BCUT2D eigenvalue weighted by molar-refractivity contribution is -0.191. The summed E-state index contributed by atoms with van der Waals surface area (Å²) in [6.45, 7) is 0. The van der Waals surface area contributed by atoms with Gasteiger partial charge in [-0.2, -0.15) is 13.2 Å². The standard InChI is InChI=1S/C26H25F3N8O/c1-37(25(38)17-11-16(12-17)24-33-35-36-34-24)23(26(27,28)29)15-6-8-18(9-7-15)32-20-13-31-19-3-2-10-30-22(19)21(20)14-4-5-14/h2-3,6-10,13-14,16-17,23,32H,4-5,11-12H2,1H3,(H,33,34,35,36)/t16?,17?,23-/m1/s1. The number of tetrazole rings is 1. The highest BCUT2D eigenvalue weighted by Gasteiger charge is 2.48. The first-order valence-electron chi connectivity index (χ1n) is 12.5. The second kappa shape index (κ2) is 9.34. The number of hydrogen-bond donors (Lipinski definition) is 2. The molecular weight excluding hydrogens is 497 g/mol. The molecule has 0 unspecified atom stereocenters. The van der Waals surface area contributed by atoms with Crippen LogP contribution in [0.2, 0.25) is 0 Å². The van der Waals surface area contributed by atoms with Crippen molar-refractivity contribution in [3.63, 3.8) is 0 Å². The van der Waals surface area contributed by atoms with Gasteiger partial charge in [0.05, 0.1) is 22.9 Å². The van der Waals surface area contributed by atoms with Gasteiger partial charge < -0.3 is 10.2 Å². The fourth-order valence-electron chi connectivity index (χ4n) is 5.26. The number of alkyl halides is 3. The summed E-state index contributed by atoms with van der Waals surface area (Å²) in [6.07, 6.45) is 1.79. The van der Waals surface area contributed by atoms with Crippen LogP contribution in [0.4, 0.5) is 24.5 Å². The van der Waals surface area contributed by atoms with Crippen LogP contribution in [0, 0.1) is 5.92 Å². The summed E-state index contributed by atoms with van der Waals surface area (Å²) in [5.41, 5.74) is 4.16. The average molecular weight is 523 g/mol. The Morgan fingerprint density at radius 1 is 1.11 bits per heavy atom. The number of nitrogens with one attached hydrogen (secondary N) is 2. The minimum absolute atomic E-state index is 0.00470. The summed E-state index contributed by atoms with van der Waals surface area (Å²) >= 11 is 0. The largest absolute Gasteiger partial charge is 0.413 e. The minimum atomic E-state index is -4.63. The van der Waals surface area contributed by atoms with Crippen LogP contribution < -0.4 is 5.32 Å². The van der Waals surface area contributed by atoms with E-state index in [1.165, 1.54) is 19.2 Å². The van der Waals surface area contributed by atoms with E-state index >= 15 is 0 Å². The number of aromatic nitrogens is 6. The van der Waals surface area contributed by atoms with Crippen molar-refractivity contribution >= 4 is 28.3 Å². The number of H-pyrrole nitrogens is 1. The van der Waals surface area contributed by atoms with Gasteiger partial charge >= 0.3 is 6.18 Å². The Morgan fingerprint density at radius 3 is 2.53 bits per heavy atom. The zero-order valence-corrected chi connectivity index (χ0v) is 20.5. The van der Waals surface area contributed by atoms with Crippen molar-refractivity contribution < 1.29 is 18.0 Å². The van der Waals surface area contributed by atoms with Gasteiger partial charge in [0.15, 0.2) is 11.9 Å². The lowest BCUT2D eigenvalue weighted by atomic mass is 9.73. The van der Waals surface area contributed by atoms with Crippen molar-refractivity contribution in [3.05, 3.63) is 65.7 Å². The molecule has 4 aromatic rings. The maximum absolute atomic E-state index is 14.2. The van der Waals surface area contributed by atoms with E-state index in [9.17, 15) is 18.0 Å². The maximum Gasteiger partial charge on any atom is 0.413 e. The van der Waals surface area contributed by atoms with E-state index in [1.807, 2.05) is 12.1 Å². The Labute approximate surface area is 215 Å². The summed E-state index contributed by atoms with van der Waals surface area (Å²) in [5.74, 6) is -0.160. The SMILES string of the molecule is CN(C(=O)C1CC(c2nnn[nH]2)C1)[C@H](c1ccc(Nc2cnc3cccnc3c2C2CC2)cc1)C(F)(F)F. The lowest BCUT2D eigenvalue weighted by Crippen LogP contribution is -2.45. The maximum atomic E-state index is 14.2. The fourth-order valence-corrected chi connectivity index (χ4v) is 5.26. The summed E-state index contributed by atoms with van der Waals surface area (Å²) in [5, 5.41) is 16.8. The minimum Gasteiger partial charge on any atom is -0.354 e. The van der Waals surface area contributed by atoms with Gasteiger partial charge in [0.25, 0.3) is 0 Å². The van der Waals surface area contributed by atoms with Gasteiger partial charge in [0.1, 0.15) is 0 Å². The molecule has 2 N–H and O–H groups in total. The topological polar surface area (TPSA) is 113 Å². The molecule has 0 radical (unpaired) electrons. The first-order valence-corrected chi connectivity index (χ1v) is 12.5. The van der Waals surface area contributed by atoms with Crippen LogP contribution >= 0.6 is 0 Å². The van der Waals surface area contributed by atoms with Crippen molar-refractivity contribution in [2.24, 2.45) is 5.92 Å². The van der Waals surface area contributed by atoms with Crippen LogP contribution in [0.1, 0.15) is 60.5 Å². The van der Waals surface area contributed by atoms with Crippen molar-refractivity contribution in [2.45, 2.75) is 49.7 Å². The molecule has 9 nitrogen and oxygen atoms in total. The van der Waals surface area contributed by atoms with Crippen LogP contribution in [-0.2, 0) is 4.79 Å². The van der Waals surface area contributed by atoms with Gasteiger partial charge in [-0.1, -0.05) is 12.1 Å². The second-order valence-corrected chi connectivity index (χ2v) is 10.0. The van der Waals surface area contributed by atoms with Gasteiger partial charge in [-0.25, -0.2) is 5.10 Å². The Balaban J connectivity index is 1.20. The van der Waals surface area contributed by atoms with E-state index in [-0.39, 0.29) is 11.5 Å². The first kappa shape index (κ1) is 24.3. The molecule has 2 saturated carbocycles. The normalized spacial score (nSPS) is 20.1. The van der Waals surface area contributed by atoms with Crippen molar-refractivity contribution in [1.82, 2.24) is 35.5 Å². The zero-order chi connectivity index (χ0) is 26.4. The molecule has 0 aliphatic heterocycles.